The van der Waals surface area contributed by atoms with Crippen LogP contribution in [0.1, 0.15) is 29.2 Å². The third-order valence-electron chi connectivity index (χ3n) is 6.67. The number of nitro groups is 1. The van der Waals surface area contributed by atoms with Gasteiger partial charge >= 0.3 is 0 Å². The van der Waals surface area contributed by atoms with Crippen molar-refractivity contribution >= 4 is 45.4 Å². The van der Waals surface area contributed by atoms with E-state index in [2.05, 4.69) is 0 Å². The minimum atomic E-state index is -1.25. The Morgan fingerprint density at radius 3 is 2.23 bits per heavy atom. The number of anilines is 2. The maximum Gasteiger partial charge on any atom is 0.294 e. The maximum absolute atomic E-state index is 12.8. The highest BCUT2D eigenvalue weighted by Gasteiger charge is 2.56. The van der Waals surface area contributed by atoms with Gasteiger partial charge in [-0.2, -0.15) is 10.2 Å². The molecule has 4 aromatic carbocycles. The zero-order valence-electron chi connectivity index (χ0n) is 21.2. The molecule has 0 bridgehead atoms. The summed E-state index contributed by atoms with van der Waals surface area (Å²) in [6, 6.07) is 32.0. The van der Waals surface area contributed by atoms with Gasteiger partial charge in [-0.25, -0.2) is 10.0 Å². The standard InChI is InChI=1S/C30H23N5O3S/c1-20-16-18-22(19-17-20)28-24-12-6-7-13-25(24)30(33(31-28)23-10-4-3-5-11-23)34(32-29(39-30)21(2)36)26-14-8-9-15-27(26)35(37)38/h3-19H,1-2H3/t30-/m1/s1. The zero-order valence-corrected chi connectivity index (χ0v) is 22.0. The predicted molar refractivity (Wildman–Crippen MR) is 155 cm³/mol. The van der Waals surface area contributed by atoms with Crippen LogP contribution in [0.4, 0.5) is 17.1 Å². The molecule has 0 unspecified atom stereocenters. The van der Waals surface area contributed by atoms with Crippen molar-refractivity contribution < 1.29 is 9.72 Å². The number of fused-ring (bicyclic) bond motifs is 2. The zero-order chi connectivity index (χ0) is 27.1. The van der Waals surface area contributed by atoms with Crippen molar-refractivity contribution in [1.82, 2.24) is 0 Å². The first-order chi connectivity index (χ1) is 18.9. The van der Waals surface area contributed by atoms with Crippen molar-refractivity contribution in [3.05, 3.63) is 135 Å². The summed E-state index contributed by atoms with van der Waals surface area (Å²) in [5, 5.41) is 25.7. The quantitative estimate of drug-likeness (QED) is 0.217. The number of carbonyl (C=O) groups is 1. The predicted octanol–water partition coefficient (Wildman–Crippen LogP) is 6.44. The van der Waals surface area contributed by atoms with Crippen LogP contribution in [0.15, 0.2) is 113 Å². The van der Waals surface area contributed by atoms with Crippen molar-refractivity contribution in [2.45, 2.75) is 18.8 Å². The van der Waals surface area contributed by atoms with Crippen LogP contribution in [-0.4, -0.2) is 21.5 Å². The minimum Gasteiger partial charge on any atom is -0.292 e. The number of Topliss-reactive ketones (excluding diaryl/α,β-unsaturated/α-hetero) is 1. The molecule has 4 aromatic rings. The van der Waals surface area contributed by atoms with E-state index in [1.165, 1.54) is 24.8 Å². The molecule has 0 radical (unpaired) electrons. The van der Waals surface area contributed by atoms with Gasteiger partial charge in [-0.1, -0.05) is 84.4 Å². The summed E-state index contributed by atoms with van der Waals surface area (Å²) >= 11 is 1.23. The van der Waals surface area contributed by atoms with Gasteiger partial charge in [0, 0.05) is 29.7 Å². The van der Waals surface area contributed by atoms with E-state index in [9.17, 15) is 14.9 Å². The van der Waals surface area contributed by atoms with Gasteiger partial charge in [-0.15, -0.1) is 0 Å². The first kappa shape index (κ1) is 24.6. The van der Waals surface area contributed by atoms with Crippen LogP contribution < -0.4 is 10.0 Å². The van der Waals surface area contributed by atoms with Crippen LogP contribution in [0.5, 0.6) is 0 Å². The van der Waals surface area contributed by atoms with E-state index in [0.29, 0.717) is 0 Å². The Morgan fingerprint density at radius 1 is 0.846 bits per heavy atom. The van der Waals surface area contributed by atoms with Crippen LogP contribution in [0, 0.1) is 17.0 Å². The first-order valence-corrected chi connectivity index (χ1v) is 13.1. The van der Waals surface area contributed by atoms with Crippen LogP contribution in [0.2, 0.25) is 0 Å². The average molecular weight is 534 g/mol. The van der Waals surface area contributed by atoms with E-state index in [4.69, 9.17) is 10.2 Å². The number of carbonyl (C=O) groups excluding carboxylic acids is 1. The summed E-state index contributed by atoms with van der Waals surface area (Å²) in [5.41, 5.74) is 5.35. The lowest BCUT2D eigenvalue weighted by Crippen LogP contribution is -2.54. The number of hydrogen-bond donors (Lipinski definition) is 0. The van der Waals surface area contributed by atoms with Gasteiger partial charge < -0.3 is 0 Å². The molecule has 2 heterocycles. The van der Waals surface area contributed by atoms with E-state index >= 15 is 0 Å². The van der Waals surface area contributed by atoms with E-state index in [0.717, 1.165) is 33.7 Å². The van der Waals surface area contributed by atoms with Gasteiger partial charge in [0.2, 0.25) is 4.99 Å². The first-order valence-electron chi connectivity index (χ1n) is 12.3. The topological polar surface area (TPSA) is 91.4 Å². The molecule has 0 amide bonds. The molecule has 0 saturated heterocycles. The third-order valence-corrected chi connectivity index (χ3v) is 8.08. The molecule has 192 valence electrons. The Labute approximate surface area is 229 Å². The number of ketones is 1. The number of benzene rings is 4. The summed E-state index contributed by atoms with van der Waals surface area (Å²) in [5.74, 6) is -0.237. The van der Waals surface area contributed by atoms with Gasteiger partial charge in [0.05, 0.1) is 16.3 Å². The SMILES string of the molecule is CC(=O)C1=NN(c2ccccc2[N+](=O)[O-])[C@@]2(S1)c1ccccc1C(c1ccc(C)cc1)=NN2c1ccccc1. The molecule has 0 fully saturated rings. The second kappa shape index (κ2) is 9.52. The molecular formula is C30H23N5O3S. The smallest absolute Gasteiger partial charge is 0.292 e. The van der Waals surface area contributed by atoms with Crippen LogP contribution in [-0.2, 0) is 9.79 Å². The highest BCUT2D eigenvalue weighted by molar-refractivity contribution is 8.17. The molecule has 2 aliphatic heterocycles. The molecule has 8 nitrogen and oxygen atoms in total. The van der Waals surface area contributed by atoms with Gasteiger partial charge in [-0.05, 0) is 36.9 Å². The second-order valence-electron chi connectivity index (χ2n) is 9.24. The Balaban J connectivity index is 1.69. The summed E-state index contributed by atoms with van der Waals surface area (Å²) < 4.78 is 0. The summed E-state index contributed by atoms with van der Waals surface area (Å²) in [6.45, 7) is 3.48. The molecule has 1 atom stereocenters. The molecule has 0 N–H and O–H groups in total. The molecular weight excluding hydrogens is 510 g/mol. The summed E-state index contributed by atoms with van der Waals surface area (Å²) in [6.07, 6.45) is 0. The number of nitro benzene ring substituents is 1. The molecule has 39 heavy (non-hydrogen) atoms. The van der Waals surface area contributed by atoms with Crippen LogP contribution in [0.3, 0.4) is 0 Å². The normalized spacial score (nSPS) is 18.0. The van der Waals surface area contributed by atoms with E-state index < -0.39 is 9.92 Å². The maximum atomic E-state index is 12.8. The molecule has 1 spiro atoms. The van der Waals surface area contributed by atoms with Crippen molar-refractivity contribution in [2.24, 2.45) is 10.2 Å². The number of aryl methyl sites for hydroxylation is 1. The third kappa shape index (κ3) is 3.98. The lowest BCUT2D eigenvalue weighted by molar-refractivity contribution is -0.384. The van der Waals surface area contributed by atoms with E-state index in [1.807, 2.05) is 90.8 Å². The van der Waals surface area contributed by atoms with Crippen molar-refractivity contribution in [2.75, 3.05) is 10.0 Å². The summed E-state index contributed by atoms with van der Waals surface area (Å²) in [7, 11) is 0. The molecule has 9 heteroatoms. The Bertz CT molecular complexity index is 1670. The van der Waals surface area contributed by atoms with Crippen molar-refractivity contribution in [3.63, 3.8) is 0 Å². The molecule has 0 aliphatic carbocycles. The highest BCUT2D eigenvalue weighted by Crippen LogP contribution is 2.56. The largest absolute Gasteiger partial charge is 0.294 e. The molecule has 6 rings (SSSR count). The average Bonchev–Trinajstić information content (AvgIpc) is 3.36. The van der Waals surface area contributed by atoms with Crippen LogP contribution in [0.25, 0.3) is 0 Å². The van der Waals surface area contributed by atoms with E-state index in [1.54, 1.807) is 23.2 Å². The van der Waals surface area contributed by atoms with Gasteiger partial charge in [0.1, 0.15) is 5.69 Å². The minimum absolute atomic E-state index is 0.121. The number of para-hydroxylation sites is 3. The Morgan fingerprint density at radius 2 is 1.51 bits per heavy atom. The fourth-order valence-electron chi connectivity index (χ4n) is 4.85. The van der Waals surface area contributed by atoms with Gasteiger partial charge in [0.15, 0.2) is 10.8 Å². The Hall–Kier alpha value is -4.76. The Kier molecular flexibility index (Phi) is 6.00. The number of rotatable bonds is 5. The second-order valence-corrected chi connectivity index (χ2v) is 10.4. The fraction of sp³-hybridized carbons (Fsp3) is 0.100. The van der Waals surface area contributed by atoms with E-state index in [-0.39, 0.29) is 22.2 Å². The molecule has 0 aromatic heterocycles. The lowest BCUT2D eigenvalue weighted by Gasteiger charge is -2.46. The van der Waals surface area contributed by atoms with Crippen molar-refractivity contribution in [1.29, 1.82) is 0 Å². The monoisotopic (exact) mass is 533 g/mol. The molecule has 2 aliphatic rings. The van der Waals surface area contributed by atoms with Gasteiger partial charge in [-0.3, -0.25) is 14.9 Å². The number of nitrogens with zero attached hydrogens (tertiary/aromatic N) is 5. The number of thioether (sulfide) groups is 1. The van der Waals surface area contributed by atoms with Gasteiger partial charge in [0.25, 0.3) is 5.69 Å². The summed E-state index contributed by atoms with van der Waals surface area (Å²) in [4.78, 5) is 23.2. The number of hydrazone groups is 2. The van der Waals surface area contributed by atoms with Crippen LogP contribution >= 0.6 is 11.8 Å². The molecule has 0 saturated carbocycles. The lowest BCUT2D eigenvalue weighted by atomic mass is 9.93. The highest BCUT2D eigenvalue weighted by atomic mass is 32.2. The van der Waals surface area contributed by atoms with Crippen molar-refractivity contribution in [3.8, 4) is 0 Å². The number of hydrogen-bond acceptors (Lipinski definition) is 8. The fourth-order valence-corrected chi connectivity index (χ4v) is 6.13.